The van der Waals surface area contributed by atoms with E-state index in [0.29, 0.717) is 17.1 Å². The average molecular weight is 377 g/mol. The third kappa shape index (κ3) is 2.88. The lowest BCUT2D eigenvalue weighted by Crippen LogP contribution is -2.35. The molecule has 4 aromatic rings. The predicted molar refractivity (Wildman–Crippen MR) is 103 cm³/mol. The normalized spacial score (nSPS) is 11.4. The van der Waals surface area contributed by atoms with E-state index >= 15 is 0 Å². The van der Waals surface area contributed by atoms with Crippen LogP contribution in [0.4, 0.5) is 0 Å². The van der Waals surface area contributed by atoms with Crippen LogP contribution in [0.3, 0.4) is 0 Å². The van der Waals surface area contributed by atoms with E-state index in [1.807, 2.05) is 13.8 Å². The summed E-state index contributed by atoms with van der Waals surface area (Å²) in [4.78, 5) is 30.3. The number of carbonyl (C=O) groups is 1. The number of fused-ring (bicyclic) bond motifs is 2. The maximum Gasteiger partial charge on any atom is 0.267 e. The van der Waals surface area contributed by atoms with Crippen molar-refractivity contribution in [2.24, 2.45) is 0 Å². The summed E-state index contributed by atoms with van der Waals surface area (Å²) in [5.74, 6) is 0.153. The van der Waals surface area contributed by atoms with E-state index in [4.69, 9.17) is 9.83 Å². The molecule has 0 aliphatic heterocycles. The molecule has 0 saturated carbocycles. The number of nitrogens with zero attached hydrogens (tertiary/aromatic N) is 3. The molecule has 8 heteroatoms. The average Bonchev–Trinajstić information content (AvgIpc) is 3.19. The van der Waals surface area contributed by atoms with Crippen LogP contribution in [0.5, 0.6) is 0 Å². The Morgan fingerprint density at radius 3 is 2.82 bits per heavy atom. The lowest BCUT2D eigenvalue weighted by atomic mass is 10.1. The van der Waals surface area contributed by atoms with Crippen LogP contribution in [0.25, 0.3) is 16.7 Å². The maximum atomic E-state index is 13.0. The zero-order chi connectivity index (χ0) is 19.8. The molecule has 0 atom stereocenters. The standard InChI is InChI=1S/C20H19N5O3/c1-12(2)25-17(21)14(19(26)22-11-13-6-5-9-28-13)10-15-18(25)23-16-7-3-4-8-24(16)20(15)27/h3-10,12,21H,11H2,1-2H3,(H,22,26). The van der Waals surface area contributed by atoms with Crippen molar-refractivity contribution >= 4 is 22.6 Å². The number of pyridine rings is 2. The van der Waals surface area contributed by atoms with Crippen molar-refractivity contribution in [3.05, 3.63) is 76.0 Å². The summed E-state index contributed by atoms with van der Waals surface area (Å²) < 4.78 is 8.25. The van der Waals surface area contributed by atoms with Gasteiger partial charge in [0.2, 0.25) is 0 Å². The van der Waals surface area contributed by atoms with E-state index in [0.717, 1.165) is 0 Å². The highest BCUT2D eigenvalue weighted by Crippen LogP contribution is 2.14. The summed E-state index contributed by atoms with van der Waals surface area (Å²) in [5.41, 5.74) is 0.715. The van der Waals surface area contributed by atoms with Crippen LogP contribution >= 0.6 is 0 Å². The van der Waals surface area contributed by atoms with Crippen molar-refractivity contribution in [3.63, 3.8) is 0 Å². The fraction of sp³-hybridized carbons (Fsp3) is 0.200. The van der Waals surface area contributed by atoms with Gasteiger partial charge in [0.1, 0.15) is 22.5 Å². The summed E-state index contributed by atoms with van der Waals surface area (Å²) in [5, 5.41) is 11.6. The van der Waals surface area contributed by atoms with Crippen molar-refractivity contribution in [3.8, 4) is 0 Å². The molecule has 2 N–H and O–H groups in total. The zero-order valence-corrected chi connectivity index (χ0v) is 15.5. The predicted octanol–water partition coefficient (Wildman–Crippen LogP) is 2.23. The van der Waals surface area contributed by atoms with Gasteiger partial charge in [-0.1, -0.05) is 6.07 Å². The van der Waals surface area contributed by atoms with E-state index < -0.39 is 5.91 Å². The van der Waals surface area contributed by atoms with Crippen molar-refractivity contribution in [1.29, 1.82) is 5.41 Å². The third-order valence-corrected chi connectivity index (χ3v) is 4.53. The van der Waals surface area contributed by atoms with Crippen LogP contribution in [-0.2, 0) is 6.54 Å². The second-order valence-electron chi connectivity index (χ2n) is 6.72. The van der Waals surface area contributed by atoms with Crippen molar-refractivity contribution in [2.75, 3.05) is 0 Å². The summed E-state index contributed by atoms with van der Waals surface area (Å²) in [6, 6.07) is 10.0. The fourth-order valence-electron chi connectivity index (χ4n) is 3.20. The first-order chi connectivity index (χ1) is 13.5. The Kier molecular flexibility index (Phi) is 4.31. The largest absolute Gasteiger partial charge is 0.467 e. The number of hydrogen-bond donors (Lipinski definition) is 2. The number of hydrogen-bond acceptors (Lipinski definition) is 5. The van der Waals surface area contributed by atoms with E-state index in [1.165, 1.54) is 16.7 Å². The van der Waals surface area contributed by atoms with Crippen molar-refractivity contribution in [1.82, 2.24) is 19.3 Å². The molecule has 0 bridgehead atoms. The molecule has 4 heterocycles. The Morgan fingerprint density at radius 2 is 2.11 bits per heavy atom. The number of furan rings is 1. The van der Waals surface area contributed by atoms with E-state index in [2.05, 4.69) is 10.3 Å². The van der Waals surface area contributed by atoms with Gasteiger partial charge in [0.25, 0.3) is 11.5 Å². The highest BCUT2D eigenvalue weighted by atomic mass is 16.3. The number of rotatable bonds is 4. The number of nitrogens with one attached hydrogen (secondary N) is 2. The minimum Gasteiger partial charge on any atom is -0.467 e. The van der Waals surface area contributed by atoms with Crippen molar-refractivity contribution < 1.29 is 9.21 Å². The number of aromatic nitrogens is 3. The van der Waals surface area contributed by atoms with Crippen LogP contribution in [0.1, 0.15) is 36.0 Å². The Morgan fingerprint density at radius 1 is 1.29 bits per heavy atom. The molecule has 1 amide bonds. The molecule has 0 aliphatic rings. The van der Waals surface area contributed by atoms with Gasteiger partial charge in [0.15, 0.2) is 0 Å². The Labute approximate surface area is 159 Å². The molecule has 142 valence electrons. The van der Waals surface area contributed by atoms with Gasteiger partial charge in [0, 0.05) is 12.2 Å². The molecular formula is C20H19N5O3. The fourth-order valence-corrected chi connectivity index (χ4v) is 3.20. The molecule has 0 spiro atoms. The number of carbonyl (C=O) groups excluding carboxylic acids is 1. The highest BCUT2D eigenvalue weighted by Gasteiger charge is 2.18. The Balaban J connectivity index is 1.92. The first-order valence-corrected chi connectivity index (χ1v) is 8.89. The SMILES string of the molecule is CC(C)n1c(=N)c(C(=O)NCc2ccco2)cc2c(=O)n3ccccc3nc21. The van der Waals surface area contributed by atoms with E-state index in [9.17, 15) is 9.59 Å². The smallest absolute Gasteiger partial charge is 0.267 e. The first kappa shape index (κ1) is 17.7. The van der Waals surface area contributed by atoms with Crippen LogP contribution in [-0.4, -0.2) is 19.9 Å². The third-order valence-electron chi connectivity index (χ3n) is 4.53. The van der Waals surface area contributed by atoms with Gasteiger partial charge >= 0.3 is 0 Å². The molecular weight excluding hydrogens is 358 g/mol. The van der Waals surface area contributed by atoms with Gasteiger partial charge in [-0.05, 0) is 44.2 Å². The molecule has 28 heavy (non-hydrogen) atoms. The maximum absolute atomic E-state index is 13.0. The lowest BCUT2D eigenvalue weighted by Gasteiger charge is -2.17. The van der Waals surface area contributed by atoms with Gasteiger partial charge in [-0.25, -0.2) is 4.98 Å². The Bertz CT molecular complexity index is 1300. The van der Waals surface area contributed by atoms with Gasteiger partial charge in [-0.15, -0.1) is 0 Å². The molecule has 0 radical (unpaired) electrons. The lowest BCUT2D eigenvalue weighted by molar-refractivity contribution is 0.0945. The van der Waals surface area contributed by atoms with E-state index in [-0.39, 0.29) is 34.6 Å². The number of amides is 1. The molecule has 0 aliphatic carbocycles. The molecule has 8 nitrogen and oxygen atoms in total. The molecule has 0 saturated heterocycles. The van der Waals surface area contributed by atoms with E-state index in [1.54, 1.807) is 41.1 Å². The second-order valence-corrected chi connectivity index (χ2v) is 6.72. The van der Waals surface area contributed by atoms with Gasteiger partial charge in [-0.3, -0.25) is 19.4 Å². The van der Waals surface area contributed by atoms with Crippen LogP contribution in [0.2, 0.25) is 0 Å². The summed E-state index contributed by atoms with van der Waals surface area (Å²) in [6.45, 7) is 3.97. The van der Waals surface area contributed by atoms with Gasteiger partial charge in [-0.2, -0.15) is 0 Å². The van der Waals surface area contributed by atoms with Crippen LogP contribution in [0, 0.1) is 5.41 Å². The molecule has 0 aromatic carbocycles. The van der Waals surface area contributed by atoms with Gasteiger partial charge < -0.3 is 14.3 Å². The molecule has 0 unspecified atom stereocenters. The minimum absolute atomic E-state index is 0.00614. The molecule has 4 aromatic heterocycles. The summed E-state index contributed by atoms with van der Waals surface area (Å²) in [7, 11) is 0. The van der Waals surface area contributed by atoms with Crippen LogP contribution in [0.15, 0.2) is 58.1 Å². The minimum atomic E-state index is -0.449. The summed E-state index contributed by atoms with van der Waals surface area (Å²) in [6.07, 6.45) is 3.16. The molecule has 0 fully saturated rings. The monoisotopic (exact) mass is 377 g/mol. The van der Waals surface area contributed by atoms with Crippen LogP contribution < -0.4 is 16.4 Å². The quantitative estimate of drug-likeness (QED) is 0.532. The zero-order valence-electron chi connectivity index (χ0n) is 15.5. The Hall–Kier alpha value is -3.68. The van der Waals surface area contributed by atoms with Gasteiger partial charge in [0.05, 0.1) is 23.8 Å². The second kappa shape index (κ2) is 6.80. The topological polar surface area (TPSA) is 105 Å². The summed E-state index contributed by atoms with van der Waals surface area (Å²) >= 11 is 0. The molecule has 4 rings (SSSR count). The van der Waals surface area contributed by atoms with Crippen molar-refractivity contribution in [2.45, 2.75) is 26.4 Å². The first-order valence-electron chi connectivity index (χ1n) is 8.89. The highest BCUT2D eigenvalue weighted by molar-refractivity contribution is 5.96.